The normalized spacial score (nSPS) is 17.6. The van der Waals surface area contributed by atoms with Gasteiger partial charge in [-0.2, -0.15) is 0 Å². The summed E-state index contributed by atoms with van der Waals surface area (Å²) in [5, 5.41) is 8.45. The molecule has 1 aliphatic rings. The summed E-state index contributed by atoms with van der Waals surface area (Å²) < 4.78 is 7.59. The first-order valence-electron chi connectivity index (χ1n) is 7.94. The zero-order chi connectivity index (χ0) is 16.1. The van der Waals surface area contributed by atoms with Gasteiger partial charge in [0.1, 0.15) is 5.69 Å². The number of nitrogens with two attached hydrogens (primary N) is 1. The maximum Gasteiger partial charge on any atom is 0.131 e. The molecule has 23 heavy (non-hydrogen) atoms. The van der Waals surface area contributed by atoms with Gasteiger partial charge >= 0.3 is 0 Å². The molecule has 2 aromatic rings. The van der Waals surface area contributed by atoms with Gasteiger partial charge in [0.2, 0.25) is 0 Å². The minimum Gasteiger partial charge on any atom is -0.376 e. The van der Waals surface area contributed by atoms with Crippen LogP contribution >= 0.6 is 0 Å². The molecule has 0 aromatic carbocycles. The van der Waals surface area contributed by atoms with Crippen molar-refractivity contribution in [2.75, 3.05) is 13.2 Å². The van der Waals surface area contributed by atoms with Crippen molar-refractivity contribution in [3.8, 4) is 23.2 Å². The highest BCUT2D eigenvalue weighted by Gasteiger charge is 2.16. The number of aromatic nitrogens is 4. The molecule has 1 unspecified atom stereocenters. The third kappa shape index (κ3) is 3.95. The summed E-state index contributed by atoms with van der Waals surface area (Å²) in [7, 11) is 0. The van der Waals surface area contributed by atoms with Gasteiger partial charge in [-0.15, -0.1) is 5.10 Å². The molecule has 2 aromatic heterocycles. The zero-order valence-electron chi connectivity index (χ0n) is 13.3. The Morgan fingerprint density at radius 3 is 3.09 bits per heavy atom. The number of hydrogen-bond donors (Lipinski definition) is 1. The van der Waals surface area contributed by atoms with Crippen molar-refractivity contribution < 1.29 is 4.74 Å². The molecule has 0 radical (unpaired) electrons. The van der Waals surface area contributed by atoms with Crippen LogP contribution in [0.3, 0.4) is 0 Å². The van der Waals surface area contributed by atoms with Crippen LogP contribution in [0.5, 0.6) is 0 Å². The molecule has 0 amide bonds. The summed E-state index contributed by atoms with van der Waals surface area (Å²) >= 11 is 0. The Bertz CT molecular complexity index is 722. The Hall–Kier alpha value is -2.23. The fourth-order valence-corrected chi connectivity index (χ4v) is 2.72. The van der Waals surface area contributed by atoms with E-state index in [-0.39, 0.29) is 6.10 Å². The van der Waals surface area contributed by atoms with E-state index in [2.05, 4.69) is 27.1 Å². The molecule has 6 heteroatoms. The highest BCUT2D eigenvalue weighted by Crippen LogP contribution is 2.20. The molecule has 0 spiro atoms. The van der Waals surface area contributed by atoms with E-state index in [1.165, 1.54) is 6.42 Å². The lowest BCUT2D eigenvalue weighted by Gasteiger charge is -2.21. The van der Waals surface area contributed by atoms with Crippen LogP contribution in [-0.4, -0.2) is 39.2 Å². The maximum absolute atomic E-state index is 5.74. The highest BCUT2D eigenvalue weighted by atomic mass is 16.5. The Kier molecular flexibility index (Phi) is 5.01. The molecule has 1 atom stereocenters. The lowest BCUT2D eigenvalue weighted by atomic mass is 10.1. The van der Waals surface area contributed by atoms with Crippen LogP contribution in [-0.2, 0) is 11.3 Å². The summed E-state index contributed by atoms with van der Waals surface area (Å²) in [5.74, 6) is 5.82. The van der Waals surface area contributed by atoms with Crippen molar-refractivity contribution in [3.63, 3.8) is 0 Å². The smallest absolute Gasteiger partial charge is 0.131 e. The number of rotatable bonds is 3. The molecule has 1 fully saturated rings. The SMILES string of the molecule is Cc1cc(C#CCN)cnc1-c1cn(CC2CCCCO2)nn1. The van der Waals surface area contributed by atoms with Crippen LogP contribution in [0.1, 0.15) is 30.4 Å². The van der Waals surface area contributed by atoms with Gasteiger partial charge in [-0.3, -0.25) is 4.98 Å². The molecule has 1 aliphatic heterocycles. The Balaban J connectivity index is 1.74. The molecule has 6 nitrogen and oxygen atoms in total. The second-order valence-corrected chi connectivity index (χ2v) is 5.71. The van der Waals surface area contributed by atoms with Gasteiger partial charge in [0.05, 0.1) is 31.1 Å². The van der Waals surface area contributed by atoms with E-state index < -0.39 is 0 Å². The van der Waals surface area contributed by atoms with Gasteiger partial charge in [0.25, 0.3) is 0 Å². The van der Waals surface area contributed by atoms with Crippen molar-refractivity contribution in [1.82, 2.24) is 20.0 Å². The minimum atomic E-state index is 0.237. The van der Waals surface area contributed by atoms with Crippen LogP contribution in [0.25, 0.3) is 11.4 Å². The number of ether oxygens (including phenoxy) is 1. The van der Waals surface area contributed by atoms with Crippen molar-refractivity contribution in [1.29, 1.82) is 0 Å². The minimum absolute atomic E-state index is 0.237. The summed E-state index contributed by atoms with van der Waals surface area (Å²) in [6, 6.07) is 1.99. The monoisotopic (exact) mass is 311 g/mol. The van der Waals surface area contributed by atoms with Gasteiger partial charge in [-0.25, -0.2) is 4.68 Å². The van der Waals surface area contributed by atoms with Crippen molar-refractivity contribution in [2.24, 2.45) is 5.73 Å². The first-order valence-corrected chi connectivity index (χ1v) is 7.94. The van der Waals surface area contributed by atoms with Crippen molar-refractivity contribution >= 4 is 0 Å². The Labute approximate surface area is 136 Å². The van der Waals surface area contributed by atoms with Gasteiger partial charge in [0.15, 0.2) is 0 Å². The lowest BCUT2D eigenvalue weighted by molar-refractivity contribution is 0.00370. The topological polar surface area (TPSA) is 78.8 Å². The zero-order valence-corrected chi connectivity index (χ0v) is 13.3. The lowest BCUT2D eigenvalue weighted by Crippen LogP contribution is -2.24. The maximum atomic E-state index is 5.74. The summed E-state index contributed by atoms with van der Waals surface area (Å²) in [5.41, 5.74) is 8.88. The molecule has 2 N–H and O–H groups in total. The van der Waals surface area contributed by atoms with E-state index in [1.54, 1.807) is 6.20 Å². The molecule has 0 bridgehead atoms. The van der Waals surface area contributed by atoms with Crippen LogP contribution < -0.4 is 5.73 Å². The van der Waals surface area contributed by atoms with Crippen LogP contribution in [0.2, 0.25) is 0 Å². The number of aryl methyl sites for hydroxylation is 1. The van der Waals surface area contributed by atoms with Gasteiger partial charge in [-0.1, -0.05) is 17.1 Å². The Morgan fingerprint density at radius 1 is 1.43 bits per heavy atom. The standard InChI is InChI=1S/C17H21N5O/c1-13-9-14(5-4-7-18)10-19-17(13)16-12-22(21-20-16)11-15-6-2-3-8-23-15/h9-10,12,15H,2-3,6-8,11,18H2,1H3. The van der Waals surface area contributed by atoms with E-state index in [9.17, 15) is 0 Å². The molecule has 3 rings (SSSR count). The summed E-state index contributed by atoms with van der Waals surface area (Å²) in [6.07, 6.45) is 7.37. The van der Waals surface area contributed by atoms with E-state index >= 15 is 0 Å². The number of hydrogen-bond acceptors (Lipinski definition) is 5. The predicted octanol–water partition coefficient (Wildman–Crippen LogP) is 1.53. The molecular formula is C17H21N5O. The first kappa shape index (κ1) is 15.7. The average molecular weight is 311 g/mol. The third-order valence-electron chi connectivity index (χ3n) is 3.86. The summed E-state index contributed by atoms with van der Waals surface area (Å²) in [4.78, 5) is 4.47. The molecule has 0 aliphatic carbocycles. The molecule has 1 saturated heterocycles. The van der Waals surface area contributed by atoms with Gasteiger partial charge in [0, 0.05) is 18.4 Å². The largest absolute Gasteiger partial charge is 0.376 e. The van der Waals surface area contributed by atoms with E-state index in [1.807, 2.05) is 23.9 Å². The van der Waals surface area contributed by atoms with Gasteiger partial charge in [-0.05, 0) is 37.8 Å². The van der Waals surface area contributed by atoms with Crippen LogP contribution in [0, 0.1) is 18.8 Å². The Morgan fingerprint density at radius 2 is 2.35 bits per heavy atom. The molecule has 120 valence electrons. The van der Waals surface area contributed by atoms with E-state index in [4.69, 9.17) is 10.5 Å². The van der Waals surface area contributed by atoms with Crippen LogP contribution in [0.4, 0.5) is 0 Å². The average Bonchev–Trinajstić information content (AvgIpc) is 3.02. The quantitative estimate of drug-likeness (QED) is 0.870. The summed E-state index contributed by atoms with van der Waals surface area (Å²) in [6.45, 7) is 3.93. The van der Waals surface area contributed by atoms with Gasteiger partial charge < -0.3 is 10.5 Å². The number of nitrogens with zero attached hydrogens (tertiary/aromatic N) is 4. The van der Waals surface area contributed by atoms with E-state index in [0.717, 1.165) is 48.5 Å². The van der Waals surface area contributed by atoms with Crippen LogP contribution in [0.15, 0.2) is 18.5 Å². The molecule has 0 saturated carbocycles. The van der Waals surface area contributed by atoms with Crippen molar-refractivity contribution in [2.45, 2.75) is 38.8 Å². The fraction of sp³-hybridized carbons (Fsp3) is 0.471. The molecular weight excluding hydrogens is 290 g/mol. The van der Waals surface area contributed by atoms with Crippen molar-refractivity contribution in [3.05, 3.63) is 29.6 Å². The first-order chi connectivity index (χ1) is 11.3. The second-order valence-electron chi connectivity index (χ2n) is 5.71. The second kappa shape index (κ2) is 7.36. The number of pyridine rings is 1. The van der Waals surface area contributed by atoms with E-state index in [0.29, 0.717) is 6.54 Å². The third-order valence-corrected chi connectivity index (χ3v) is 3.86. The highest BCUT2D eigenvalue weighted by molar-refractivity contribution is 5.58. The molecule has 3 heterocycles. The fourth-order valence-electron chi connectivity index (χ4n) is 2.72. The predicted molar refractivity (Wildman–Crippen MR) is 87.5 cm³/mol.